The van der Waals surface area contributed by atoms with Crippen LogP contribution in [0, 0.1) is 11.8 Å². The van der Waals surface area contributed by atoms with E-state index < -0.39 is 0 Å². The van der Waals surface area contributed by atoms with E-state index in [9.17, 15) is 0 Å². The lowest BCUT2D eigenvalue weighted by atomic mass is 9.87. The van der Waals surface area contributed by atoms with Gasteiger partial charge in [-0.3, -0.25) is 11.3 Å². The summed E-state index contributed by atoms with van der Waals surface area (Å²) in [5, 5.41) is 4.25. The van der Waals surface area contributed by atoms with Gasteiger partial charge in [0.15, 0.2) is 0 Å². The van der Waals surface area contributed by atoms with E-state index in [-0.39, 0.29) is 6.04 Å². The monoisotopic (exact) mass is 198 g/mol. The van der Waals surface area contributed by atoms with Gasteiger partial charge in [0.25, 0.3) is 0 Å². The summed E-state index contributed by atoms with van der Waals surface area (Å²) < 4.78 is 0. The SMILES string of the molecule is CC(C)C(C)C(NN)c1ccsc1. The largest absolute Gasteiger partial charge is 0.271 e. The minimum Gasteiger partial charge on any atom is -0.271 e. The van der Waals surface area contributed by atoms with Crippen molar-refractivity contribution in [2.45, 2.75) is 26.8 Å². The molecule has 0 amide bonds. The van der Waals surface area contributed by atoms with Crippen LogP contribution in [0.2, 0.25) is 0 Å². The lowest BCUT2D eigenvalue weighted by Crippen LogP contribution is -2.34. The Morgan fingerprint density at radius 3 is 2.46 bits per heavy atom. The second kappa shape index (κ2) is 4.74. The Balaban J connectivity index is 2.74. The van der Waals surface area contributed by atoms with Crippen molar-refractivity contribution in [1.29, 1.82) is 0 Å². The van der Waals surface area contributed by atoms with Crippen LogP contribution in [0.5, 0.6) is 0 Å². The van der Waals surface area contributed by atoms with E-state index in [0.717, 1.165) is 0 Å². The van der Waals surface area contributed by atoms with Crippen LogP contribution in [0.25, 0.3) is 0 Å². The third-order valence-electron chi connectivity index (χ3n) is 2.66. The highest BCUT2D eigenvalue weighted by Gasteiger charge is 2.20. The normalized spacial score (nSPS) is 16.1. The number of rotatable bonds is 4. The van der Waals surface area contributed by atoms with Crippen molar-refractivity contribution >= 4 is 11.3 Å². The average Bonchev–Trinajstić information content (AvgIpc) is 2.58. The molecule has 0 aliphatic heterocycles. The van der Waals surface area contributed by atoms with Gasteiger partial charge in [-0.2, -0.15) is 11.3 Å². The first-order valence-corrected chi connectivity index (χ1v) is 5.59. The van der Waals surface area contributed by atoms with Crippen LogP contribution < -0.4 is 11.3 Å². The Labute approximate surface area is 84.1 Å². The molecule has 13 heavy (non-hydrogen) atoms. The van der Waals surface area contributed by atoms with Gasteiger partial charge < -0.3 is 0 Å². The molecule has 0 fully saturated rings. The van der Waals surface area contributed by atoms with Crippen molar-refractivity contribution in [2.24, 2.45) is 17.7 Å². The highest BCUT2D eigenvalue weighted by atomic mass is 32.1. The van der Waals surface area contributed by atoms with Gasteiger partial charge in [-0.05, 0) is 34.2 Å². The Bertz CT molecular complexity index is 231. The van der Waals surface area contributed by atoms with Crippen molar-refractivity contribution in [3.8, 4) is 0 Å². The van der Waals surface area contributed by atoms with Crippen LogP contribution in [-0.4, -0.2) is 0 Å². The van der Waals surface area contributed by atoms with Gasteiger partial charge >= 0.3 is 0 Å². The summed E-state index contributed by atoms with van der Waals surface area (Å²) in [6.45, 7) is 6.68. The fourth-order valence-corrected chi connectivity index (χ4v) is 2.09. The van der Waals surface area contributed by atoms with Gasteiger partial charge in [0, 0.05) is 6.04 Å². The van der Waals surface area contributed by atoms with Gasteiger partial charge in [-0.15, -0.1) is 0 Å². The molecule has 0 saturated heterocycles. The lowest BCUT2D eigenvalue weighted by molar-refractivity contribution is 0.307. The van der Waals surface area contributed by atoms with Crippen molar-refractivity contribution in [3.05, 3.63) is 22.4 Å². The predicted octanol–water partition coefficient (Wildman–Crippen LogP) is 2.54. The first-order valence-electron chi connectivity index (χ1n) is 4.65. The Morgan fingerprint density at radius 1 is 1.38 bits per heavy atom. The van der Waals surface area contributed by atoms with E-state index in [1.807, 2.05) is 0 Å². The summed E-state index contributed by atoms with van der Waals surface area (Å²) in [4.78, 5) is 0. The highest BCUT2D eigenvalue weighted by Crippen LogP contribution is 2.28. The fraction of sp³-hybridized carbons (Fsp3) is 0.600. The topological polar surface area (TPSA) is 38.0 Å². The molecule has 0 bridgehead atoms. The van der Waals surface area contributed by atoms with E-state index in [4.69, 9.17) is 5.84 Å². The van der Waals surface area contributed by atoms with Crippen molar-refractivity contribution in [1.82, 2.24) is 5.43 Å². The summed E-state index contributed by atoms with van der Waals surface area (Å²) in [7, 11) is 0. The Hall–Kier alpha value is -0.380. The van der Waals surface area contributed by atoms with Crippen LogP contribution in [0.3, 0.4) is 0 Å². The molecule has 3 heteroatoms. The van der Waals surface area contributed by atoms with E-state index >= 15 is 0 Å². The second-order valence-corrected chi connectivity index (χ2v) is 4.58. The zero-order chi connectivity index (χ0) is 9.84. The molecule has 74 valence electrons. The first kappa shape index (κ1) is 10.7. The van der Waals surface area contributed by atoms with Crippen LogP contribution in [-0.2, 0) is 0 Å². The lowest BCUT2D eigenvalue weighted by Gasteiger charge is -2.25. The zero-order valence-electron chi connectivity index (χ0n) is 8.45. The number of nitrogens with one attached hydrogen (secondary N) is 1. The number of nitrogens with two attached hydrogens (primary N) is 1. The zero-order valence-corrected chi connectivity index (χ0v) is 9.27. The molecular weight excluding hydrogens is 180 g/mol. The molecular formula is C10H18N2S. The smallest absolute Gasteiger partial charge is 0.0496 e. The molecule has 3 N–H and O–H groups in total. The summed E-state index contributed by atoms with van der Waals surface area (Å²) in [5.41, 5.74) is 4.19. The third kappa shape index (κ3) is 2.53. The van der Waals surface area contributed by atoms with E-state index in [0.29, 0.717) is 11.8 Å². The minimum atomic E-state index is 0.284. The van der Waals surface area contributed by atoms with E-state index in [1.165, 1.54) is 5.56 Å². The predicted molar refractivity (Wildman–Crippen MR) is 58.4 cm³/mol. The molecule has 1 aromatic heterocycles. The molecule has 1 aromatic rings. The molecule has 0 saturated carbocycles. The molecule has 0 radical (unpaired) electrons. The van der Waals surface area contributed by atoms with Crippen molar-refractivity contribution in [3.63, 3.8) is 0 Å². The highest BCUT2D eigenvalue weighted by molar-refractivity contribution is 7.07. The molecule has 0 aliphatic carbocycles. The van der Waals surface area contributed by atoms with Crippen LogP contribution >= 0.6 is 11.3 Å². The molecule has 2 unspecified atom stereocenters. The van der Waals surface area contributed by atoms with Gasteiger partial charge in [-0.1, -0.05) is 20.8 Å². The average molecular weight is 198 g/mol. The maximum Gasteiger partial charge on any atom is 0.0496 e. The molecule has 0 spiro atoms. The first-order chi connectivity index (χ1) is 6.16. The minimum absolute atomic E-state index is 0.284. The second-order valence-electron chi connectivity index (χ2n) is 3.80. The van der Waals surface area contributed by atoms with Crippen molar-refractivity contribution < 1.29 is 0 Å². The van der Waals surface area contributed by atoms with Crippen molar-refractivity contribution in [2.75, 3.05) is 0 Å². The molecule has 2 atom stereocenters. The maximum atomic E-state index is 5.56. The molecule has 1 heterocycles. The number of hydrogen-bond donors (Lipinski definition) is 2. The van der Waals surface area contributed by atoms with Crippen LogP contribution in [0.1, 0.15) is 32.4 Å². The number of hydrazine groups is 1. The molecule has 1 rings (SSSR count). The van der Waals surface area contributed by atoms with Gasteiger partial charge in [-0.25, -0.2) is 0 Å². The van der Waals surface area contributed by atoms with Gasteiger partial charge in [0.05, 0.1) is 0 Å². The number of hydrogen-bond acceptors (Lipinski definition) is 3. The van der Waals surface area contributed by atoms with E-state index in [2.05, 4.69) is 43.0 Å². The summed E-state index contributed by atoms with van der Waals surface area (Å²) in [5.74, 6) is 6.75. The summed E-state index contributed by atoms with van der Waals surface area (Å²) in [6, 6.07) is 2.42. The van der Waals surface area contributed by atoms with Crippen LogP contribution in [0.15, 0.2) is 16.8 Å². The Morgan fingerprint density at radius 2 is 2.08 bits per heavy atom. The fourth-order valence-electron chi connectivity index (χ4n) is 1.39. The standard InChI is InChI=1S/C10H18N2S/c1-7(2)8(3)10(12-11)9-4-5-13-6-9/h4-8,10,12H,11H2,1-3H3. The maximum absolute atomic E-state index is 5.56. The Kier molecular flexibility index (Phi) is 3.90. The molecule has 2 nitrogen and oxygen atoms in total. The summed E-state index contributed by atoms with van der Waals surface area (Å²) in [6.07, 6.45) is 0. The third-order valence-corrected chi connectivity index (χ3v) is 3.36. The molecule has 0 aliphatic rings. The molecule has 0 aromatic carbocycles. The number of thiophene rings is 1. The van der Waals surface area contributed by atoms with Crippen LogP contribution in [0.4, 0.5) is 0 Å². The summed E-state index contributed by atoms with van der Waals surface area (Å²) >= 11 is 1.72. The van der Waals surface area contributed by atoms with Gasteiger partial charge in [0.1, 0.15) is 0 Å². The quantitative estimate of drug-likeness (QED) is 0.576. The van der Waals surface area contributed by atoms with E-state index in [1.54, 1.807) is 11.3 Å². The van der Waals surface area contributed by atoms with Gasteiger partial charge in [0.2, 0.25) is 0 Å².